The SMILES string of the molecule is CCOC(=O)C1(C(=O)OCC)CC(C(F)(F)F)/C(=C/c2ccc(C#N)cc2)N1C(C)=O. The first kappa shape index (κ1) is 23.9. The van der Waals surface area contributed by atoms with Gasteiger partial charge in [0.25, 0.3) is 0 Å². The fourth-order valence-electron chi connectivity index (χ4n) is 3.52. The maximum Gasteiger partial charge on any atom is 0.397 e. The van der Waals surface area contributed by atoms with Gasteiger partial charge in [0.15, 0.2) is 0 Å². The van der Waals surface area contributed by atoms with Gasteiger partial charge in [-0.05, 0) is 37.6 Å². The standard InChI is InChI=1S/C21H21F3N2O5/c1-4-30-18(28)20(19(29)31-5-2)11-16(21(22,23)24)17(26(20)13(3)27)10-14-6-8-15(12-25)9-7-14/h6-10,16H,4-5,11H2,1-3H3/b17-10-. The Hall–Kier alpha value is -3.35. The van der Waals surface area contributed by atoms with Gasteiger partial charge in [-0.2, -0.15) is 18.4 Å². The number of ether oxygens (including phenoxy) is 2. The van der Waals surface area contributed by atoms with Crippen molar-refractivity contribution in [2.75, 3.05) is 13.2 Å². The number of halogens is 3. The predicted octanol–water partition coefficient (Wildman–Crippen LogP) is 3.19. The van der Waals surface area contributed by atoms with Gasteiger partial charge < -0.3 is 9.47 Å². The minimum absolute atomic E-state index is 0.211. The van der Waals surface area contributed by atoms with Crippen LogP contribution in [-0.4, -0.2) is 47.7 Å². The molecule has 1 aliphatic rings. The Balaban J connectivity index is 2.77. The Kier molecular flexibility index (Phi) is 7.10. The summed E-state index contributed by atoms with van der Waals surface area (Å²) >= 11 is 0. The highest BCUT2D eigenvalue weighted by molar-refractivity contribution is 6.09. The number of rotatable bonds is 5. The largest absolute Gasteiger partial charge is 0.464 e. The molecule has 1 aromatic rings. The lowest BCUT2D eigenvalue weighted by Gasteiger charge is -2.33. The second kappa shape index (κ2) is 9.20. The molecule has 0 spiro atoms. The molecular weight excluding hydrogens is 417 g/mol. The molecule has 166 valence electrons. The third kappa shape index (κ3) is 4.55. The molecule has 1 heterocycles. The number of benzene rings is 1. The van der Waals surface area contributed by atoms with Crippen LogP contribution < -0.4 is 0 Å². The number of allylic oxidation sites excluding steroid dienone is 1. The summed E-state index contributed by atoms with van der Waals surface area (Å²) < 4.78 is 51.8. The smallest absolute Gasteiger partial charge is 0.397 e. The van der Waals surface area contributed by atoms with E-state index < -0.39 is 47.6 Å². The molecule has 7 nitrogen and oxygen atoms in total. The third-order valence-electron chi connectivity index (χ3n) is 4.79. The van der Waals surface area contributed by atoms with Crippen LogP contribution >= 0.6 is 0 Å². The lowest BCUT2D eigenvalue weighted by Crippen LogP contribution is -2.59. The number of nitriles is 1. The third-order valence-corrected chi connectivity index (χ3v) is 4.79. The summed E-state index contributed by atoms with van der Waals surface area (Å²) in [6.45, 7) is 3.39. The summed E-state index contributed by atoms with van der Waals surface area (Å²) in [4.78, 5) is 38.6. The number of amides is 1. The number of carbonyl (C=O) groups excluding carboxylic acids is 3. The molecule has 0 aliphatic carbocycles. The highest BCUT2D eigenvalue weighted by Gasteiger charge is 2.67. The highest BCUT2D eigenvalue weighted by atomic mass is 19.4. The fourth-order valence-corrected chi connectivity index (χ4v) is 3.52. The molecule has 0 radical (unpaired) electrons. The summed E-state index contributed by atoms with van der Waals surface area (Å²) in [6.07, 6.45) is -4.86. The average Bonchev–Trinajstić information content (AvgIpc) is 3.05. The summed E-state index contributed by atoms with van der Waals surface area (Å²) in [5.41, 5.74) is -2.64. The number of esters is 2. The maximum atomic E-state index is 14.0. The summed E-state index contributed by atoms with van der Waals surface area (Å²) in [7, 11) is 0. The number of alkyl halides is 3. The van der Waals surface area contributed by atoms with Gasteiger partial charge >= 0.3 is 18.1 Å². The Bertz CT molecular complexity index is 914. The van der Waals surface area contributed by atoms with Crippen molar-refractivity contribution in [1.29, 1.82) is 5.26 Å². The number of hydrogen-bond donors (Lipinski definition) is 0. The molecule has 1 atom stereocenters. The summed E-state index contributed by atoms with van der Waals surface area (Å²) in [5.74, 6) is -5.84. The molecule has 1 fully saturated rings. The zero-order chi connectivity index (χ0) is 23.4. The van der Waals surface area contributed by atoms with E-state index in [0.717, 1.165) is 13.0 Å². The molecule has 1 aliphatic heterocycles. The predicted molar refractivity (Wildman–Crippen MR) is 102 cm³/mol. The van der Waals surface area contributed by atoms with Crippen molar-refractivity contribution >= 4 is 23.9 Å². The Morgan fingerprint density at radius 2 is 1.68 bits per heavy atom. The number of nitrogens with zero attached hydrogens (tertiary/aromatic N) is 2. The van der Waals surface area contributed by atoms with E-state index in [2.05, 4.69) is 0 Å². The van der Waals surface area contributed by atoms with Gasteiger partial charge in [-0.15, -0.1) is 0 Å². The zero-order valence-electron chi connectivity index (χ0n) is 17.2. The molecule has 0 bridgehead atoms. The van der Waals surface area contributed by atoms with Crippen molar-refractivity contribution in [3.05, 3.63) is 41.1 Å². The molecule has 10 heteroatoms. The topological polar surface area (TPSA) is 96.7 Å². The first-order valence-corrected chi connectivity index (χ1v) is 9.46. The van der Waals surface area contributed by atoms with Crippen molar-refractivity contribution in [3.8, 4) is 6.07 Å². The number of carbonyl (C=O) groups is 3. The molecule has 0 N–H and O–H groups in total. The van der Waals surface area contributed by atoms with E-state index in [0.29, 0.717) is 4.90 Å². The van der Waals surface area contributed by atoms with Gasteiger partial charge in [-0.3, -0.25) is 9.69 Å². The summed E-state index contributed by atoms with van der Waals surface area (Å²) in [6, 6.07) is 7.47. The lowest BCUT2D eigenvalue weighted by atomic mass is 9.91. The van der Waals surface area contributed by atoms with Gasteiger partial charge in [0.1, 0.15) is 0 Å². The van der Waals surface area contributed by atoms with Gasteiger partial charge in [0.05, 0.1) is 30.8 Å². The van der Waals surface area contributed by atoms with E-state index in [1.807, 2.05) is 6.07 Å². The van der Waals surface area contributed by atoms with Gasteiger partial charge in [-0.1, -0.05) is 12.1 Å². The first-order chi connectivity index (χ1) is 14.5. The molecule has 1 amide bonds. The van der Waals surface area contributed by atoms with Crippen LogP contribution in [0.3, 0.4) is 0 Å². The molecule has 1 unspecified atom stereocenters. The Morgan fingerprint density at radius 3 is 2.06 bits per heavy atom. The number of hydrogen-bond acceptors (Lipinski definition) is 6. The zero-order valence-corrected chi connectivity index (χ0v) is 17.2. The maximum absolute atomic E-state index is 14.0. The minimum atomic E-state index is -4.87. The van der Waals surface area contributed by atoms with Gasteiger partial charge in [0, 0.05) is 19.0 Å². The molecule has 0 saturated carbocycles. The normalized spacial score (nSPS) is 19.1. The highest BCUT2D eigenvalue weighted by Crippen LogP contribution is 2.50. The van der Waals surface area contributed by atoms with E-state index in [4.69, 9.17) is 14.7 Å². The minimum Gasteiger partial charge on any atom is -0.464 e. The van der Waals surface area contributed by atoms with Crippen molar-refractivity contribution in [2.45, 2.75) is 38.9 Å². The summed E-state index contributed by atoms with van der Waals surface area (Å²) in [5, 5.41) is 8.90. The average molecular weight is 438 g/mol. The van der Waals surface area contributed by atoms with Crippen molar-refractivity contribution in [3.63, 3.8) is 0 Å². The Labute approximate surface area is 177 Å². The molecule has 31 heavy (non-hydrogen) atoms. The van der Waals surface area contributed by atoms with E-state index in [1.165, 1.54) is 38.1 Å². The van der Waals surface area contributed by atoms with Crippen molar-refractivity contribution in [1.82, 2.24) is 4.90 Å². The molecule has 1 aromatic carbocycles. The fraction of sp³-hybridized carbons (Fsp3) is 0.429. The van der Waals surface area contributed by atoms with Crippen LogP contribution in [0.2, 0.25) is 0 Å². The molecular formula is C21H21F3N2O5. The molecule has 1 saturated heterocycles. The van der Waals surface area contributed by atoms with E-state index in [9.17, 15) is 27.6 Å². The van der Waals surface area contributed by atoms with Crippen molar-refractivity contribution in [2.24, 2.45) is 5.92 Å². The van der Waals surface area contributed by atoms with Crippen molar-refractivity contribution < 1.29 is 37.0 Å². The quantitative estimate of drug-likeness (QED) is 0.518. The van der Waals surface area contributed by atoms with Crippen LogP contribution in [0.5, 0.6) is 0 Å². The van der Waals surface area contributed by atoms with Crippen LogP contribution in [0.15, 0.2) is 30.0 Å². The van der Waals surface area contributed by atoms with Crippen LogP contribution in [0.4, 0.5) is 13.2 Å². The van der Waals surface area contributed by atoms with Crippen LogP contribution in [-0.2, 0) is 23.9 Å². The van der Waals surface area contributed by atoms with E-state index in [1.54, 1.807) is 0 Å². The monoisotopic (exact) mass is 438 g/mol. The van der Waals surface area contributed by atoms with E-state index >= 15 is 0 Å². The number of likely N-dealkylation sites (tertiary alicyclic amines) is 1. The lowest BCUT2D eigenvalue weighted by molar-refractivity contribution is -0.177. The Morgan fingerprint density at radius 1 is 1.16 bits per heavy atom. The second-order valence-corrected chi connectivity index (χ2v) is 6.76. The molecule has 2 rings (SSSR count). The molecule has 0 aromatic heterocycles. The second-order valence-electron chi connectivity index (χ2n) is 6.76. The van der Waals surface area contributed by atoms with Gasteiger partial charge in [-0.25, -0.2) is 9.59 Å². The van der Waals surface area contributed by atoms with E-state index in [-0.39, 0.29) is 24.3 Å². The van der Waals surface area contributed by atoms with Gasteiger partial charge in [0.2, 0.25) is 11.4 Å². The first-order valence-electron chi connectivity index (χ1n) is 9.46. The van der Waals surface area contributed by atoms with Crippen LogP contribution in [0, 0.1) is 17.2 Å². The van der Waals surface area contributed by atoms with Crippen LogP contribution in [0.25, 0.3) is 6.08 Å². The van der Waals surface area contributed by atoms with Crippen LogP contribution in [0.1, 0.15) is 38.3 Å².